The lowest BCUT2D eigenvalue weighted by Gasteiger charge is -2.47. The summed E-state index contributed by atoms with van der Waals surface area (Å²) in [6.45, 7) is 5.28. The minimum absolute atomic E-state index is 0.211. The van der Waals surface area contributed by atoms with Gasteiger partial charge in [-0.1, -0.05) is 25.5 Å². The zero-order valence-corrected chi connectivity index (χ0v) is 18.3. The Morgan fingerprint density at radius 3 is 2.60 bits per heavy atom. The van der Waals surface area contributed by atoms with Gasteiger partial charge in [-0.25, -0.2) is 4.68 Å². The van der Waals surface area contributed by atoms with Crippen LogP contribution in [0.5, 0.6) is 0 Å². The van der Waals surface area contributed by atoms with E-state index in [1.165, 1.54) is 24.0 Å². The number of benzene rings is 1. The number of nitrogens with zero attached hydrogens (tertiary/aromatic N) is 4. The number of amides is 1. The largest absolute Gasteiger partial charge is 0.391 e. The quantitative estimate of drug-likeness (QED) is 0.795. The second kappa shape index (κ2) is 8.90. The van der Waals surface area contributed by atoms with Crippen LogP contribution in [0, 0.1) is 5.41 Å². The van der Waals surface area contributed by atoms with Crippen LogP contribution in [-0.4, -0.2) is 63.4 Å². The Bertz CT molecular complexity index is 852. The van der Waals surface area contributed by atoms with Crippen molar-refractivity contribution in [1.82, 2.24) is 19.6 Å². The highest BCUT2D eigenvalue weighted by Gasteiger charge is 2.47. The predicted molar refractivity (Wildman–Crippen MR) is 117 cm³/mol. The topological polar surface area (TPSA) is 61.6 Å². The zero-order valence-electron chi connectivity index (χ0n) is 18.3. The maximum Gasteiger partial charge on any atom is 0.228 e. The van der Waals surface area contributed by atoms with E-state index < -0.39 is 6.10 Å². The summed E-state index contributed by atoms with van der Waals surface area (Å²) in [6, 6.07) is 8.68. The number of carbonyl (C=O) groups excluding carboxylic acids is 1. The Morgan fingerprint density at radius 2 is 1.90 bits per heavy atom. The molecule has 1 aromatic carbocycles. The second-order valence-electron chi connectivity index (χ2n) is 9.16. The molecule has 0 saturated carbocycles. The number of hydrogen-bond donors (Lipinski definition) is 1. The third kappa shape index (κ3) is 4.44. The Morgan fingerprint density at radius 1 is 1.17 bits per heavy atom. The van der Waals surface area contributed by atoms with Crippen molar-refractivity contribution < 1.29 is 9.90 Å². The van der Waals surface area contributed by atoms with Gasteiger partial charge in [0.25, 0.3) is 0 Å². The summed E-state index contributed by atoms with van der Waals surface area (Å²) in [5.74, 6) is 0.211. The lowest BCUT2D eigenvalue weighted by atomic mass is 9.71. The van der Waals surface area contributed by atoms with E-state index >= 15 is 0 Å². The zero-order chi connectivity index (χ0) is 21.1. The summed E-state index contributed by atoms with van der Waals surface area (Å²) in [5.41, 5.74) is 3.28. The summed E-state index contributed by atoms with van der Waals surface area (Å²) < 4.78 is 1.94. The predicted octanol–water partition coefficient (Wildman–Crippen LogP) is 3.02. The first-order chi connectivity index (χ1) is 14.5. The van der Waals surface area contributed by atoms with Gasteiger partial charge in [-0.15, -0.1) is 0 Å². The number of aliphatic hydroxyl groups is 1. The number of carbonyl (C=O) groups is 1. The van der Waals surface area contributed by atoms with Crippen LogP contribution in [0.1, 0.15) is 50.2 Å². The molecule has 2 fully saturated rings. The molecule has 2 saturated heterocycles. The molecule has 1 amide bonds. The number of unbranched alkanes of at least 4 members (excludes halogenated alkanes) is 1. The molecule has 1 N–H and O–H groups in total. The summed E-state index contributed by atoms with van der Waals surface area (Å²) in [7, 11) is 1.81. The maximum absolute atomic E-state index is 12.7. The Kier molecular flexibility index (Phi) is 6.25. The maximum atomic E-state index is 12.7. The van der Waals surface area contributed by atoms with E-state index in [4.69, 9.17) is 0 Å². The van der Waals surface area contributed by atoms with Crippen molar-refractivity contribution in [2.75, 3.05) is 26.7 Å². The number of likely N-dealkylation sites (tertiary alicyclic amines) is 2. The summed E-state index contributed by atoms with van der Waals surface area (Å²) >= 11 is 0. The van der Waals surface area contributed by atoms with Gasteiger partial charge in [0.2, 0.25) is 5.91 Å². The van der Waals surface area contributed by atoms with Gasteiger partial charge >= 0.3 is 0 Å². The van der Waals surface area contributed by atoms with E-state index in [1.54, 1.807) is 4.90 Å². The van der Waals surface area contributed by atoms with Crippen molar-refractivity contribution in [3.63, 3.8) is 0 Å². The molecule has 1 atom stereocenters. The van der Waals surface area contributed by atoms with Crippen LogP contribution in [-0.2, 0) is 17.8 Å². The van der Waals surface area contributed by atoms with Crippen molar-refractivity contribution in [1.29, 1.82) is 0 Å². The highest BCUT2D eigenvalue weighted by Crippen LogP contribution is 2.40. The van der Waals surface area contributed by atoms with Gasteiger partial charge in [-0.3, -0.25) is 9.69 Å². The molecular weight excluding hydrogens is 376 g/mol. The number of likely N-dealkylation sites (N-methyl/N-ethyl adjacent to an activating group) is 1. The van der Waals surface area contributed by atoms with Crippen molar-refractivity contribution in [2.24, 2.45) is 5.41 Å². The summed E-state index contributed by atoms with van der Waals surface area (Å²) in [5, 5.41) is 14.7. The Labute approximate surface area is 179 Å². The minimum Gasteiger partial charge on any atom is -0.391 e. The number of aromatic nitrogens is 2. The molecular formula is C24H34N4O2. The molecule has 0 radical (unpaired) electrons. The number of aliphatic hydroxyl groups excluding tert-OH is 1. The van der Waals surface area contributed by atoms with Crippen molar-refractivity contribution in [3.8, 4) is 5.69 Å². The molecule has 3 heterocycles. The lowest BCUT2D eigenvalue weighted by Crippen LogP contribution is -2.56. The highest BCUT2D eigenvalue weighted by molar-refractivity contribution is 5.83. The minimum atomic E-state index is -0.397. The average molecular weight is 411 g/mol. The molecule has 2 aliphatic heterocycles. The second-order valence-corrected chi connectivity index (χ2v) is 9.16. The third-order valence-corrected chi connectivity index (χ3v) is 6.79. The van der Waals surface area contributed by atoms with E-state index in [0.29, 0.717) is 13.0 Å². The van der Waals surface area contributed by atoms with E-state index in [2.05, 4.69) is 47.4 Å². The van der Waals surface area contributed by atoms with Gasteiger partial charge in [-0.05, 0) is 62.9 Å². The molecule has 0 bridgehead atoms. The molecule has 1 spiro atoms. The van der Waals surface area contributed by atoms with Crippen LogP contribution in [0.4, 0.5) is 0 Å². The van der Waals surface area contributed by atoms with Crippen molar-refractivity contribution >= 4 is 5.91 Å². The molecule has 6 nitrogen and oxygen atoms in total. The van der Waals surface area contributed by atoms with Gasteiger partial charge in [-0.2, -0.15) is 5.10 Å². The Balaban J connectivity index is 1.34. The lowest BCUT2D eigenvalue weighted by molar-refractivity contribution is -0.154. The molecule has 1 aromatic heterocycles. The Hall–Kier alpha value is -2.18. The average Bonchev–Trinajstić information content (AvgIpc) is 3.21. The van der Waals surface area contributed by atoms with Crippen LogP contribution < -0.4 is 0 Å². The van der Waals surface area contributed by atoms with E-state index in [1.807, 2.05) is 17.9 Å². The smallest absolute Gasteiger partial charge is 0.228 e. The normalized spacial score (nSPS) is 22.0. The summed E-state index contributed by atoms with van der Waals surface area (Å²) in [4.78, 5) is 16.8. The molecule has 2 aliphatic rings. The number of hydrogen-bond acceptors (Lipinski definition) is 4. The standard InChI is InChI=1S/C24H34N4O2/c1-3-4-5-19-6-8-21(9-7-19)28-17-20(15-25-28)16-27-12-10-24(11-13-27)14-22(29)18-26(2)23(24)30/h6-9,15,17,22,29H,3-5,10-14,16,18H2,1-2H3. The number of β-amino-alcohol motifs (C(OH)–C–C–N with tert-alkyl or cyclic N) is 1. The molecule has 4 rings (SSSR count). The van der Waals surface area contributed by atoms with Gasteiger partial charge in [0, 0.05) is 31.9 Å². The number of rotatable bonds is 6. The van der Waals surface area contributed by atoms with E-state index in [0.717, 1.165) is 44.6 Å². The van der Waals surface area contributed by atoms with Crippen LogP contribution in [0.25, 0.3) is 5.69 Å². The molecule has 0 aliphatic carbocycles. The van der Waals surface area contributed by atoms with Crippen LogP contribution in [0.2, 0.25) is 0 Å². The van der Waals surface area contributed by atoms with Crippen molar-refractivity contribution in [2.45, 2.75) is 58.1 Å². The SMILES string of the molecule is CCCCc1ccc(-n2cc(CN3CCC4(CC3)CC(O)CN(C)C4=O)cn2)cc1. The van der Waals surface area contributed by atoms with E-state index in [-0.39, 0.29) is 11.3 Å². The van der Waals surface area contributed by atoms with E-state index in [9.17, 15) is 9.90 Å². The number of aryl methyl sites for hydroxylation is 1. The first-order valence-electron chi connectivity index (χ1n) is 11.3. The molecule has 6 heteroatoms. The molecule has 30 heavy (non-hydrogen) atoms. The molecule has 162 valence electrons. The van der Waals surface area contributed by atoms with Gasteiger partial charge in [0.05, 0.1) is 23.4 Å². The van der Waals surface area contributed by atoms with Gasteiger partial charge < -0.3 is 10.0 Å². The fourth-order valence-corrected chi connectivity index (χ4v) is 5.00. The summed E-state index contributed by atoms with van der Waals surface area (Å²) in [6.07, 6.45) is 9.47. The monoisotopic (exact) mass is 410 g/mol. The van der Waals surface area contributed by atoms with Gasteiger partial charge in [0.15, 0.2) is 0 Å². The van der Waals surface area contributed by atoms with Crippen LogP contribution in [0.3, 0.4) is 0 Å². The number of piperidine rings is 2. The van der Waals surface area contributed by atoms with Gasteiger partial charge in [0.1, 0.15) is 0 Å². The highest BCUT2D eigenvalue weighted by atomic mass is 16.3. The molecule has 1 unspecified atom stereocenters. The van der Waals surface area contributed by atoms with Crippen LogP contribution >= 0.6 is 0 Å². The molecule has 2 aromatic rings. The van der Waals surface area contributed by atoms with Crippen LogP contribution in [0.15, 0.2) is 36.7 Å². The fourth-order valence-electron chi connectivity index (χ4n) is 5.00. The third-order valence-electron chi connectivity index (χ3n) is 6.79. The first-order valence-corrected chi connectivity index (χ1v) is 11.3. The fraction of sp³-hybridized carbons (Fsp3) is 0.583. The first kappa shape index (κ1) is 21.1. The van der Waals surface area contributed by atoms with Crippen molar-refractivity contribution in [3.05, 3.63) is 47.8 Å².